The van der Waals surface area contributed by atoms with Gasteiger partial charge < -0.3 is 25.5 Å². The number of nitrogens with one attached hydrogen (secondary N) is 1. The highest BCUT2D eigenvalue weighted by atomic mass is 35.5. The van der Waals surface area contributed by atoms with Crippen LogP contribution in [0.2, 0.25) is 5.02 Å². The minimum absolute atomic E-state index is 0.102. The number of aromatic nitrogens is 1. The lowest BCUT2D eigenvalue weighted by molar-refractivity contribution is 0.0692. The van der Waals surface area contributed by atoms with Gasteiger partial charge in [0.15, 0.2) is 11.6 Å². The van der Waals surface area contributed by atoms with E-state index >= 15 is 4.39 Å². The molecule has 1 aliphatic carbocycles. The lowest BCUT2D eigenvalue weighted by Crippen LogP contribution is -2.42. The minimum atomic E-state index is -1.36. The van der Waals surface area contributed by atoms with Gasteiger partial charge in [-0.2, -0.15) is 0 Å². The number of carboxylic acids is 1. The molecule has 178 valence electrons. The standard InChI is InChI=1S/C25H25ClFN3O4/c26-15-7-5-14(6-8-15)4-3-11-29-20-18(27)19(28)17-21-23(20)34-13-25(9-1-2-10-25)30(21)12-16(22(17)31)24(32)33/h5-8,12,29H,1-4,9-11,13,28H2,(H,32,33). The maximum absolute atomic E-state index is 15.4. The van der Waals surface area contributed by atoms with Crippen LogP contribution in [0, 0.1) is 5.82 Å². The summed E-state index contributed by atoms with van der Waals surface area (Å²) >= 11 is 5.93. The summed E-state index contributed by atoms with van der Waals surface area (Å²) < 4.78 is 23.4. The van der Waals surface area contributed by atoms with Crippen LogP contribution in [-0.4, -0.2) is 28.8 Å². The number of nitrogens with zero attached hydrogens (tertiary/aromatic N) is 1. The Morgan fingerprint density at radius 2 is 1.97 bits per heavy atom. The molecule has 7 nitrogen and oxygen atoms in total. The predicted molar refractivity (Wildman–Crippen MR) is 130 cm³/mol. The Balaban J connectivity index is 1.57. The largest absolute Gasteiger partial charge is 0.487 e. The van der Waals surface area contributed by atoms with Crippen molar-refractivity contribution in [2.24, 2.45) is 0 Å². The van der Waals surface area contributed by atoms with Gasteiger partial charge >= 0.3 is 5.97 Å². The van der Waals surface area contributed by atoms with Crippen molar-refractivity contribution in [1.82, 2.24) is 4.57 Å². The molecule has 9 heteroatoms. The van der Waals surface area contributed by atoms with Crippen LogP contribution in [0.15, 0.2) is 35.3 Å². The zero-order valence-corrected chi connectivity index (χ0v) is 19.3. The number of carboxylic acid groups (broad SMARTS) is 1. The molecule has 1 fully saturated rings. The average Bonchev–Trinajstić information content (AvgIpc) is 3.28. The van der Waals surface area contributed by atoms with E-state index in [-0.39, 0.29) is 29.1 Å². The van der Waals surface area contributed by atoms with E-state index in [0.717, 1.165) is 37.7 Å². The van der Waals surface area contributed by atoms with Gasteiger partial charge in [0, 0.05) is 17.8 Å². The summed E-state index contributed by atoms with van der Waals surface area (Å²) in [6.07, 6.45) is 6.34. The zero-order chi connectivity index (χ0) is 24.0. The van der Waals surface area contributed by atoms with Gasteiger partial charge in [-0.05, 0) is 43.4 Å². The smallest absolute Gasteiger partial charge is 0.341 e. The van der Waals surface area contributed by atoms with E-state index in [1.54, 1.807) is 0 Å². The first kappa shape index (κ1) is 22.5. The second kappa shape index (κ2) is 8.51. The first-order valence-electron chi connectivity index (χ1n) is 11.4. The maximum atomic E-state index is 15.4. The third-order valence-electron chi connectivity index (χ3n) is 6.99. The molecular formula is C25H25ClFN3O4. The molecule has 1 aromatic heterocycles. The van der Waals surface area contributed by atoms with Gasteiger partial charge in [0.2, 0.25) is 5.43 Å². The SMILES string of the molecule is Nc1c(F)c(NCCCc2ccc(Cl)cc2)c2c3c1c(=O)c(C(=O)O)cn3C1(CCCC1)CO2. The van der Waals surface area contributed by atoms with Crippen molar-refractivity contribution < 1.29 is 19.0 Å². The molecule has 0 atom stereocenters. The van der Waals surface area contributed by atoms with Crippen LogP contribution in [0.4, 0.5) is 15.8 Å². The number of rotatable bonds is 6. The second-order valence-corrected chi connectivity index (χ2v) is 9.52. The van der Waals surface area contributed by atoms with Crippen LogP contribution in [0.25, 0.3) is 10.9 Å². The van der Waals surface area contributed by atoms with Crippen molar-refractivity contribution in [3.8, 4) is 5.75 Å². The van der Waals surface area contributed by atoms with E-state index in [0.29, 0.717) is 23.5 Å². The summed E-state index contributed by atoms with van der Waals surface area (Å²) in [5, 5.41) is 13.3. The maximum Gasteiger partial charge on any atom is 0.341 e. The second-order valence-electron chi connectivity index (χ2n) is 9.08. The molecule has 2 heterocycles. The van der Waals surface area contributed by atoms with Crippen LogP contribution in [0.5, 0.6) is 5.75 Å². The van der Waals surface area contributed by atoms with E-state index in [9.17, 15) is 14.7 Å². The Morgan fingerprint density at radius 3 is 2.65 bits per heavy atom. The number of fused-ring (bicyclic) bond motifs is 1. The van der Waals surface area contributed by atoms with E-state index < -0.39 is 28.3 Å². The summed E-state index contributed by atoms with van der Waals surface area (Å²) in [4.78, 5) is 24.8. The monoisotopic (exact) mass is 485 g/mol. The molecule has 4 N–H and O–H groups in total. The molecule has 1 saturated carbocycles. The number of anilines is 2. The molecule has 0 saturated heterocycles. The molecule has 1 aliphatic heterocycles. The highest BCUT2D eigenvalue weighted by molar-refractivity contribution is 6.30. The number of ether oxygens (including phenoxy) is 1. The van der Waals surface area contributed by atoms with Gasteiger partial charge in [-0.1, -0.05) is 36.6 Å². The summed E-state index contributed by atoms with van der Waals surface area (Å²) in [6.45, 7) is 0.725. The molecule has 5 rings (SSSR count). The van der Waals surface area contributed by atoms with E-state index in [4.69, 9.17) is 22.1 Å². The van der Waals surface area contributed by atoms with Crippen molar-refractivity contribution in [2.45, 2.75) is 44.1 Å². The number of nitrogen functional groups attached to an aromatic ring is 1. The fourth-order valence-electron chi connectivity index (χ4n) is 5.23. The van der Waals surface area contributed by atoms with Crippen LogP contribution < -0.4 is 21.2 Å². The molecule has 0 radical (unpaired) electrons. The fraction of sp³-hybridized carbons (Fsp3) is 0.360. The summed E-state index contributed by atoms with van der Waals surface area (Å²) in [5.41, 5.74) is 5.64. The predicted octanol–water partition coefficient (Wildman–Crippen LogP) is 4.78. The number of hydrogen-bond donors (Lipinski definition) is 3. The number of pyridine rings is 1. The van der Waals surface area contributed by atoms with Gasteiger partial charge in [-0.3, -0.25) is 4.79 Å². The molecule has 0 amide bonds. The van der Waals surface area contributed by atoms with E-state index in [1.165, 1.54) is 6.20 Å². The summed E-state index contributed by atoms with van der Waals surface area (Å²) in [5.74, 6) is -1.96. The molecular weight excluding hydrogens is 461 g/mol. The van der Waals surface area contributed by atoms with Crippen LogP contribution in [0.1, 0.15) is 48.0 Å². The molecule has 3 aromatic rings. The molecule has 0 unspecified atom stereocenters. The van der Waals surface area contributed by atoms with Crippen molar-refractivity contribution >= 4 is 39.8 Å². The van der Waals surface area contributed by atoms with Gasteiger partial charge in [0.05, 0.1) is 22.1 Å². The molecule has 1 spiro atoms. The van der Waals surface area contributed by atoms with Crippen LogP contribution >= 0.6 is 11.6 Å². The topological polar surface area (TPSA) is 107 Å². The lowest BCUT2D eigenvalue weighted by atomic mass is 9.93. The number of aromatic carboxylic acids is 1. The van der Waals surface area contributed by atoms with Gasteiger partial charge in [-0.25, -0.2) is 9.18 Å². The Hall–Kier alpha value is -3.26. The fourth-order valence-corrected chi connectivity index (χ4v) is 5.35. The number of benzene rings is 2. The highest BCUT2D eigenvalue weighted by Gasteiger charge is 2.43. The van der Waals surface area contributed by atoms with E-state index in [1.807, 2.05) is 28.8 Å². The zero-order valence-electron chi connectivity index (χ0n) is 18.5. The molecule has 0 bridgehead atoms. The molecule has 2 aliphatic rings. The normalized spacial score (nSPS) is 16.1. The van der Waals surface area contributed by atoms with Gasteiger partial charge in [0.1, 0.15) is 17.9 Å². The molecule has 34 heavy (non-hydrogen) atoms. The number of nitrogens with two attached hydrogens (primary N) is 1. The highest BCUT2D eigenvalue weighted by Crippen LogP contribution is 2.48. The Kier molecular flexibility index (Phi) is 5.64. The number of halogens is 2. The third kappa shape index (κ3) is 3.57. The van der Waals surface area contributed by atoms with E-state index in [2.05, 4.69) is 5.32 Å². The number of carbonyl (C=O) groups is 1. The Bertz CT molecular complexity index is 1350. The van der Waals surface area contributed by atoms with Crippen molar-refractivity contribution in [3.05, 3.63) is 62.7 Å². The van der Waals surface area contributed by atoms with Gasteiger partial charge in [0.25, 0.3) is 0 Å². The van der Waals surface area contributed by atoms with Crippen LogP contribution in [0.3, 0.4) is 0 Å². The van der Waals surface area contributed by atoms with Crippen LogP contribution in [-0.2, 0) is 12.0 Å². The van der Waals surface area contributed by atoms with Crippen molar-refractivity contribution in [1.29, 1.82) is 0 Å². The third-order valence-corrected chi connectivity index (χ3v) is 7.25. The first-order chi connectivity index (χ1) is 16.3. The lowest BCUT2D eigenvalue weighted by Gasteiger charge is -2.39. The average molecular weight is 486 g/mol. The molecule has 2 aromatic carbocycles. The Morgan fingerprint density at radius 1 is 1.26 bits per heavy atom. The number of aryl methyl sites for hydroxylation is 1. The minimum Gasteiger partial charge on any atom is -0.487 e. The summed E-state index contributed by atoms with van der Waals surface area (Å²) in [6, 6.07) is 7.55. The van der Waals surface area contributed by atoms with Crippen molar-refractivity contribution in [2.75, 3.05) is 24.2 Å². The quantitative estimate of drug-likeness (QED) is 0.342. The number of hydrogen-bond acceptors (Lipinski definition) is 5. The summed E-state index contributed by atoms with van der Waals surface area (Å²) in [7, 11) is 0. The Labute approximate surface area is 200 Å². The van der Waals surface area contributed by atoms with Gasteiger partial charge in [-0.15, -0.1) is 0 Å². The van der Waals surface area contributed by atoms with Crippen molar-refractivity contribution in [3.63, 3.8) is 0 Å². The first-order valence-corrected chi connectivity index (χ1v) is 11.8.